The van der Waals surface area contributed by atoms with Crippen molar-refractivity contribution in [3.63, 3.8) is 0 Å². The molecule has 2 aromatic carbocycles. The monoisotopic (exact) mass is 408 g/mol. The number of nitrogens with one attached hydrogen (secondary N) is 1. The Morgan fingerprint density at radius 2 is 1.73 bits per heavy atom. The van der Waals surface area contributed by atoms with Gasteiger partial charge in [0.2, 0.25) is 11.8 Å². The van der Waals surface area contributed by atoms with Gasteiger partial charge in [0.25, 0.3) is 0 Å². The lowest BCUT2D eigenvalue weighted by molar-refractivity contribution is -0.122. The number of hydrogen-bond acceptors (Lipinski definition) is 4. The van der Waals surface area contributed by atoms with Crippen LogP contribution in [0, 0.1) is 25.7 Å². The SMILES string of the molecule is Cc1cc(C)cc(N2C[C@@H](C(=O)Nc3ccc(C(=O)OCC(C)C)cc3)CC2=O)c1. The maximum atomic E-state index is 12.7. The molecule has 0 radical (unpaired) electrons. The zero-order valence-corrected chi connectivity index (χ0v) is 17.9. The molecular formula is C24H28N2O4. The number of amides is 2. The highest BCUT2D eigenvalue weighted by Gasteiger charge is 2.35. The van der Waals surface area contributed by atoms with Crippen LogP contribution in [0.15, 0.2) is 42.5 Å². The van der Waals surface area contributed by atoms with Crippen LogP contribution in [0.4, 0.5) is 11.4 Å². The van der Waals surface area contributed by atoms with E-state index < -0.39 is 5.92 Å². The van der Waals surface area contributed by atoms with E-state index in [4.69, 9.17) is 4.74 Å². The van der Waals surface area contributed by atoms with Crippen molar-refractivity contribution >= 4 is 29.2 Å². The first-order valence-corrected chi connectivity index (χ1v) is 10.2. The van der Waals surface area contributed by atoms with Crippen LogP contribution in [0.5, 0.6) is 0 Å². The third kappa shape index (κ3) is 5.26. The summed E-state index contributed by atoms with van der Waals surface area (Å²) in [6.45, 7) is 8.64. The molecule has 0 aliphatic carbocycles. The number of rotatable bonds is 6. The Morgan fingerprint density at radius 3 is 2.33 bits per heavy atom. The van der Waals surface area contributed by atoms with E-state index in [1.807, 2.05) is 39.8 Å². The summed E-state index contributed by atoms with van der Waals surface area (Å²) < 4.78 is 5.20. The van der Waals surface area contributed by atoms with Crippen molar-refractivity contribution in [1.29, 1.82) is 0 Å². The number of anilines is 2. The van der Waals surface area contributed by atoms with Crippen LogP contribution in [0.2, 0.25) is 0 Å². The summed E-state index contributed by atoms with van der Waals surface area (Å²) in [5.74, 6) is -0.792. The standard InChI is InChI=1S/C24H28N2O4/c1-15(2)14-30-24(29)18-5-7-20(8-6-18)25-23(28)19-12-22(27)26(13-19)21-10-16(3)9-17(4)11-21/h5-11,15,19H,12-14H2,1-4H3,(H,25,28)/t19-/m0/s1. The van der Waals surface area contributed by atoms with Crippen molar-refractivity contribution in [3.05, 3.63) is 59.2 Å². The first kappa shape index (κ1) is 21.6. The zero-order valence-electron chi connectivity index (χ0n) is 17.9. The van der Waals surface area contributed by atoms with Gasteiger partial charge in [-0.2, -0.15) is 0 Å². The molecule has 2 aromatic rings. The Balaban J connectivity index is 1.61. The molecule has 30 heavy (non-hydrogen) atoms. The Hall–Kier alpha value is -3.15. The molecule has 1 fully saturated rings. The van der Waals surface area contributed by atoms with Gasteiger partial charge in [0.15, 0.2) is 0 Å². The summed E-state index contributed by atoms with van der Waals surface area (Å²) in [7, 11) is 0. The summed E-state index contributed by atoms with van der Waals surface area (Å²) in [6.07, 6.45) is 0.179. The summed E-state index contributed by atoms with van der Waals surface area (Å²) in [5.41, 5.74) is 4.01. The molecule has 2 amide bonds. The van der Waals surface area contributed by atoms with E-state index in [-0.39, 0.29) is 30.1 Å². The van der Waals surface area contributed by atoms with Crippen molar-refractivity contribution in [2.45, 2.75) is 34.1 Å². The van der Waals surface area contributed by atoms with Crippen molar-refractivity contribution in [2.75, 3.05) is 23.4 Å². The molecule has 1 atom stereocenters. The van der Waals surface area contributed by atoms with Gasteiger partial charge < -0.3 is 15.0 Å². The Kier molecular flexibility index (Phi) is 6.55. The summed E-state index contributed by atoms with van der Waals surface area (Å²) in [4.78, 5) is 38.8. The average Bonchev–Trinajstić information content (AvgIpc) is 3.08. The van der Waals surface area contributed by atoms with E-state index in [0.717, 1.165) is 16.8 Å². The number of carbonyl (C=O) groups is 3. The molecule has 158 valence electrons. The maximum Gasteiger partial charge on any atom is 0.338 e. The first-order chi connectivity index (χ1) is 14.2. The molecular weight excluding hydrogens is 380 g/mol. The van der Waals surface area contributed by atoms with Gasteiger partial charge in [0.05, 0.1) is 18.1 Å². The number of benzene rings is 2. The molecule has 1 saturated heterocycles. The lowest BCUT2D eigenvalue weighted by atomic mass is 10.1. The lowest BCUT2D eigenvalue weighted by Crippen LogP contribution is -2.28. The third-order valence-corrected chi connectivity index (χ3v) is 4.95. The highest BCUT2D eigenvalue weighted by Crippen LogP contribution is 2.27. The van der Waals surface area contributed by atoms with Crippen molar-refractivity contribution in [1.82, 2.24) is 0 Å². The van der Waals surface area contributed by atoms with Gasteiger partial charge >= 0.3 is 5.97 Å². The number of aryl methyl sites for hydroxylation is 2. The Labute approximate surface area is 177 Å². The molecule has 1 N–H and O–H groups in total. The topological polar surface area (TPSA) is 75.7 Å². The number of nitrogens with zero attached hydrogens (tertiary/aromatic N) is 1. The summed E-state index contributed by atoms with van der Waals surface area (Å²) >= 11 is 0. The molecule has 1 aliphatic heterocycles. The number of hydrogen-bond donors (Lipinski definition) is 1. The number of esters is 1. The maximum absolute atomic E-state index is 12.7. The lowest BCUT2D eigenvalue weighted by Gasteiger charge is -2.18. The minimum absolute atomic E-state index is 0.0524. The Bertz CT molecular complexity index is 930. The molecule has 0 saturated carbocycles. The fraction of sp³-hybridized carbons (Fsp3) is 0.375. The fourth-order valence-electron chi connectivity index (χ4n) is 3.50. The molecule has 0 bridgehead atoms. The second-order valence-corrected chi connectivity index (χ2v) is 8.31. The van der Waals surface area contributed by atoms with Crippen LogP contribution in [0.3, 0.4) is 0 Å². The fourth-order valence-corrected chi connectivity index (χ4v) is 3.50. The minimum atomic E-state index is -0.422. The quantitative estimate of drug-likeness (QED) is 0.730. The van der Waals surface area contributed by atoms with E-state index in [9.17, 15) is 14.4 Å². The van der Waals surface area contributed by atoms with Gasteiger partial charge in [0.1, 0.15) is 0 Å². The van der Waals surface area contributed by atoms with Gasteiger partial charge in [-0.05, 0) is 67.3 Å². The average molecular weight is 408 g/mol. The highest BCUT2D eigenvalue weighted by atomic mass is 16.5. The molecule has 3 rings (SSSR count). The predicted octanol–water partition coefficient (Wildman–Crippen LogP) is 4.11. The predicted molar refractivity (Wildman–Crippen MR) is 117 cm³/mol. The molecule has 1 aliphatic rings. The van der Waals surface area contributed by atoms with Crippen LogP contribution < -0.4 is 10.2 Å². The van der Waals surface area contributed by atoms with E-state index in [2.05, 4.69) is 11.4 Å². The number of ether oxygens (including phenoxy) is 1. The summed E-state index contributed by atoms with van der Waals surface area (Å²) in [6, 6.07) is 12.6. The molecule has 0 spiro atoms. The van der Waals surface area contributed by atoms with Crippen molar-refractivity contribution in [3.8, 4) is 0 Å². The largest absolute Gasteiger partial charge is 0.462 e. The Morgan fingerprint density at radius 1 is 1.10 bits per heavy atom. The summed E-state index contributed by atoms with van der Waals surface area (Å²) in [5, 5.41) is 2.85. The van der Waals surface area contributed by atoms with Crippen LogP contribution >= 0.6 is 0 Å². The van der Waals surface area contributed by atoms with Gasteiger partial charge in [-0.15, -0.1) is 0 Å². The second kappa shape index (κ2) is 9.11. The normalized spacial score (nSPS) is 16.1. The number of carbonyl (C=O) groups excluding carboxylic acids is 3. The second-order valence-electron chi connectivity index (χ2n) is 8.31. The van der Waals surface area contributed by atoms with Crippen LogP contribution in [0.1, 0.15) is 41.8 Å². The van der Waals surface area contributed by atoms with Gasteiger partial charge in [-0.25, -0.2) is 4.79 Å². The van der Waals surface area contributed by atoms with E-state index in [1.54, 1.807) is 29.2 Å². The highest BCUT2D eigenvalue weighted by molar-refractivity contribution is 6.03. The van der Waals surface area contributed by atoms with Gasteiger partial charge in [-0.1, -0.05) is 19.9 Å². The van der Waals surface area contributed by atoms with E-state index in [1.165, 1.54) is 0 Å². The van der Waals surface area contributed by atoms with Gasteiger partial charge in [-0.3, -0.25) is 9.59 Å². The van der Waals surface area contributed by atoms with Crippen molar-refractivity contribution < 1.29 is 19.1 Å². The zero-order chi connectivity index (χ0) is 21.8. The molecule has 6 nitrogen and oxygen atoms in total. The third-order valence-electron chi connectivity index (χ3n) is 4.95. The van der Waals surface area contributed by atoms with Crippen LogP contribution in [0.25, 0.3) is 0 Å². The van der Waals surface area contributed by atoms with Gasteiger partial charge in [0, 0.05) is 24.3 Å². The first-order valence-electron chi connectivity index (χ1n) is 10.2. The van der Waals surface area contributed by atoms with Crippen LogP contribution in [-0.2, 0) is 14.3 Å². The molecule has 0 unspecified atom stereocenters. The smallest absolute Gasteiger partial charge is 0.338 e. The molecule has 6 heteroatoms. The molecule has 0 aromatic heterocycles. The minimum Gasteiger partial charge on any atom is -0.462 e. The van der Waals surface area contributed by atoms with Crippen LogP contribution in [-0.4, -0.2) is 30.9 Å². The van der Waals surface area contributed by atoms with E-state index >= 15 is 0 Å². The van der Waals surface area contributed by atoms with E-state index in [0.29, 0.717) is 24.4 Å². The molecule has 1 heterocycles. The van der Waals surface area contributed by atoms with Crippen molar-refractivity contribution in [2.24, 2.45) is 11.8 Å².